The molecule has 4 aromatic rings. The zero-order valence-electron chi connectivity index (χ0n) is 20.0. The van der Waals surface area contributed by atoms with Gasteiger partial charge >= 0.3 is 5.56 Å². The van der Waals surface area contributed by atoms with Crippen LogP contribution in [0.25, 0.3) is 5.69 Å². The Kier molecular flexibility index (Phi) is 6.91. The van der Waals surface area contributed by atoms with Crippen molar-refractivity contribution in [1.29, 1.82) is 0 Å². The van der Waals surface area contributed by atoms with Gasteiger partial charge in [0, 0.05) is 32.7 Å². The topological polar surface area (TPSA) is 50.6 Å². The van der Waals surface area contributed by atoms with Gasteiger partial charge < -0.3 is 9.64 Å². The molecule has 0 saturated carbocycles. The van der Waals surface area contributed by atoms with Crippen LogP contribution in [0.15, 0.2) is 95.9 Å². The van der Waals surface area contributed by atoms with Crippen LogP contribution in [-0.4, -0.2) is 40.9 Å². The molecule has 0 atom stereocenters. The monoisotopic (exact) mass is 466 g/mol. The molecule has 6 heteroatoms. The van der Waals surface area contributed by atoms with Crippen molar-refractivity contribution >= 4 is 5.69 Å². The van der Waals surface area contributed by atoms with E-state index in [1.807, 2.05) is 60.7 Å². The molecule has 0 N–H and O–H groups in total. The summed E-state index contributed by atoms with van der Waals surface area (Å²) in [4.78, 5) is 18.2. The Hall–Kier alpha value is -3.90. The van der Waals surface area contributed by atoms with Gasteiger partial charge in [0.1, 0.15) is 12.3 Å². The highest BCUT2D eigenvalue weighted by molar-refractivity contribution is 5.57. The molecule has 6 nitrogen and oxygen atoms in total. The lowest BCUT2D eigenvalue weighted by Crippen LogP contribution is -2.46. The Labute approximate surface area is 206 Å². The standard InChI is InChI=1S/C29H30N4O2/c1-23-9-8-12-25(19-23)21-31-15-17-32(18-16-31)27-20-30-33(26-13-6-3-7-14-26)29(34)28(27)35-22-24-10-4-2-5-11-24/h2-14,19-20H,15-18,21-22H2,1H3. The molecular formula is C29H30N4O2. The van der Waals surface area contributed by atoms with Crippen LogP contribution in [0.3, 0.4) is 0 Å². The maximum Gasteiger partial charge on any atom is 0.316 e. The number of aryl methyl sites for hydroxylation is 1. The number of rotatable bonds is 7. The fourth-order valence-electron chi connectivity index (χ4n) is 4.49. The van der Waals surface area contributed by atoms with E-state index in [1.54, 1.807) is 6.20 Å². The van der Waals surface area contributed by atoms with Gasteiger partial charge in [0.05, 0.1) is 11.9 Å². The zero-order valence-corrected chi connectivity index (χ0v) is 20.0. The number of benzene rings is 3. The van der Waals surface area contributed by atoms with Crippen molar-refractivity contribution in [2.75, 3.05) is 31.1 Å². The highest BCUT2D eigenvalue weighted by Crippen LogP contribution is 2.26. The minimum absolute atomic E-state index is 0.244. The molecule has 3 aromatic carbocycles. The normalized spacial score (nSPS) is 14.1. The molecule has 1 aliphatic rings. The highest BCUT2D eigenvalue weighted by Gasteiger charge is 2.23. The van der Waals surface area contributed by atoms with E-state index < -0.39 is 0 Å². The minimum atomic E-state index is -0.244. The smallest absolute Gasteiger partial charge is 0.316 e. The van der Waals surface area contributed by atoms with E-state index in [1.165, 1.54) is 15.8 Å². The van der Waals surface area contributed by atoms with E-state index in [-0.39, 0.29) is 5.56 Å². The van der Waals surface area contributed by atoms with E-state index >= 15 is 0 Å². The first kappa shape index (κ1) is 22.9. The van der Waals surface area contributed by atoms with Gasteiger partial charge in [-0.15, -0.1) is 0 Å². The first-order chi connectivity index (χ1) is 17.2. The van der Waals surface area contributed by atoms with Crippen molar-refractivity contribution < 1.29 is 4.74 Å². The lowest BCUT2D eigenvalue weighted by molar-refractivity contribution is 0.247. The number of aromatic nitrogens is 2. The van der Waals surface area contributed by atoms with Crippen LogP contribution in [0.1, 0.15) is 16.7 Å². The molecule has 0 amide bonds. The number of para-hydroxylation sites is 1. The Morgan fingerprint density at radius 3 is 2.23 bits per heavy atom. The van der Waals surface area contributed by atoms with Gasteiger partial charge in [0.15, 0.2) is 0 Å². The molecule has 2 heterocycles. The second-order valence-electron chi connectivity index (χ2n) is 8.94. The van der Waals surface area contributed by atoms with Gasteiger partial charge in [-0.1, -0.05) is 78.4 Å². The van der Waals surface area contributed by atoms with E-state index in [9.17, 15) is 4.79 Å². The highest BCUT2D eigenvalue weighted by atomic mass is 16.5. The molecule has 0 bridgehead atoms. The van der Waals surface area contributed by atoms with Crippen LogP contribution < -0.4 is 15.2 Å². The Bertz CT molecular complexity index is 1310. The predicted octanol–water partition coefficient (Wildman–Crippen LogP) is 4.44. The molecule has 1 aliphatic heterocycles. The number of hydrogen-bond donors (Lipinski definition) is 0. The van der Waals surface area contributed by atoms with E-state index in [0.717, 1.165) is 49.7 Å². The molecule has 0 spiro atoms. The molecular weight excluding hydrogens is 436 g/mol. The molecule has 1 aromatic heterocycles. The maximum absolute atomic E-state index is 13.5. The average Bonchev–Trinajstić information content (AvgIpc) is 2.89. The van der Waals surface area contributed by atoms with Gasteiger partial charge in [-0.3, -0.25) is 9.69 Å². The summed E-state index contributed by atoms with van der Waals surface area (Å²) in [6, 6.07) is 28.1. The quantitative estimate of drug-likeness (QED) is 0.403. The van der Waals surface area contributed by atoms with E-state index in [0.29, 0.717) is 12.4 Å². The molecule has 1 fully saturated rings. The van der Waals surface area contributed by atoms with Crippen molar-refractivity contribution in [2.24, 2.45) is 0 Å². The number of nitrogens with zero attached hydrogens (tertiary/aromatic N) is 4. The van der Waals surface area contributed by atoms with Crippen molar-refractivity contribution in [3.8, 4) is 11.4 Å². The lowest BCUT2D eigenvalue weighted by Gasteiger charge is -2.36. The molecule has 0 unspecified atom stereocenters. The summed E-state index contributed by atoms with van der Waals surface area (Å²) >= 11 is 0. The van der Waals surface area contributed by atoms with Gasteiger partial charge in [0.25, 0.3) is 0 Å². The van der Waals surface area contributed by atoms with Crippen molar-refractivity contribution in [3.63, 3.8) is 0 Å². The third-order valence-electron chi connectivity index (χ3n) is 6.34. The molecule has 5 rings (SSSR count). The average molecular weight is 467 g/mol. The van der Waals surface area contributed by atoms with Crippen LogP contribution in [0.4, 0.5) is 5.69 Å². The largest absolute Gasteiger partial charge is 0.481 e. The Balaban J connectivity index is 1.37. The first-order valence-corrected chi connectivity index (χ1v) is 12.0. The number of piperazine rings is 1. The van der Waals surface area contributed by atoms with Crippen LogP contribution >= 0.6 is 0 Å². The molecule has 178 valence electrons. The van der Waals surface area contributed by atoms with Gasteiger partial charge in [-0.05, 0) is 30.2 Å². The fourth-order valence-corrected chi connectivity index (χ4v) is 4.49. The summed E-state index contributed by atoms with van der Waals surface area (Å²) in [5.41, 5.74) is 4.87. The zero-order chi connectivity index (χ0) is 24.0. The molecule has 0 radical (unpaired) electrons. The summed E-state index contributed by atoms with van der Waals surface area (Å²) < 4.78 is 7.59. The molecule has 0 aliphatic carbocycles. The Morgan fingerprint density at radius 1 is 0.829 bits per heavy atom. The summed E-state index contributed by atoms with van der Waals surface area (Å²) in [7, 11) is 0. The SMILES string of the molecule is Cc1cccc(CN2CCN(c3cnn(-c4ccccc4)c(=O)c3OCc3ccccc3)CC2)c1. The Morgan fingerprint density at radius 2 is 1.51 bits per heavy atom. The summed E-state index contributed by atoms with van der Waals surface area (Å²) in [5.74, 6) is 0.347. The maximum atomic E-state index is 13.5. The molecule has 35 heavy (non-hydrogen) atoms. The predicted molar refractivity (Wildman–Crippen MR) is 139 cm³/mol. The van der Waals surface area contributed by atoms with Crippen LogP contribution in [0.5, 0.6) is 5.75 Å². The van der Waals surface area contributed by atoms with Crippen molar-refractivity contribution in [3.05, 3.63) is 118 Å². The molecule has 1 saturated heterocycles. The minimum Gasteiger partial charge on any atom is -0.481 e. The van der Waals surface area contributed by atoms with Crippen LogP contribution in [0.2, 0.25) is 0 Å². The third-order valence-corrected chi connectivity index (χ3v) is 6.34. The third kappa shape index (κ3) is 5.44. The summed E-state index contributed by atoms with van der Waals surface area (Å²) in [5, 5.41) is 4.50. The van der Waals surface area contributed by atoms with Crippen molar-refractivity contribution in [1.82, 2.24) is 14.7 Å². The second-order valence-corrected chi connectivity index (χ2v) is 8.94. The number of ether oxygens (including phenoxy) is 1. The van der Waals surface area contributed by atoms with E-state index in [2.05, 4.69) is 46.1 Å². The van der Waals surface area contributed by atoms with Gasteiger partial charge in [-0.2, -0.15) is 9.78 Å². The number of anilines is 1. The van der Waals surface area contributed by atoms with E-state index in [4.69, 9.17) is 4.74 Å². The van der Waals surface area contributed by atoms with Gasteiger partial charge in [0.2, 0.25) is 5.75 Å². The van der Waals surface area contributed by atoms with Crippen LogP contribution in [0, 0.1) is 6.92 Å². The second kappa shape index (κ2) is 10.6. The summed E-state index contributed by atoms with van der Waals surface area (Å²) in [6.07, 6.45) is 1.77. The van der Waals surface area contributed by atoms with Crippen molar-refractivity contribution in [2.45, 2.75) is 20.1 Å². The summed E-state index contributed by atoms with van der Waals surface area (Å²) in [6.45, 7) is 6.83. The lowest BCUT2D eigenvalue weighted by atomic mass is 10.1. The fraction of sp³-hybridized carbons (Fsp3) is 0.241. The van der Waals surface area contributed by atoms with Gasteiger partial charge in [-0.25, -0.2) is 0 Å². The van der Waals surface area contributed by atoms with Crippen LogP contribution in [-0.2, 0) is 13.2 Å². The number of hydrogen-bond acceptors (Lipinski definition) is 5. The first-order valence-electron chi connectivity index (χ1n) is 12.0.